The van der Waals surface area contributed by atoms with E-state index in [1.165, 1.54) is 16.7 Å². The molecule has 0 radical (unpaired) electrons. The molecule has 1 aromatic carbocycles. The van der Waals surface area contributed by atoms with Crippen molar-refractivity contribution in [3.63, 3.8) is 0 Å². The number of fused-ring (bicyclic) bond motifs is 1. The van der Waals surface area contributed by atoms with Crippen LogP contribution in [-0.2, 0) is 14.8 Å². The fourth-order valence-corrected chi connectivity index (χ4v) is 5.49. The van der Waals surface area contributed by atoms with Gasteiger partial charge in [0, 0.05) is 25.8 Å². The molecule has 3 heterocycles. The Labute approximate surface area is 192 Å². The van der Waals surface area contributed by atoms with Crippen LogP contribution in [0.2, 0.25) is 0 Å². The number of para-hydroxylation sites is 1. The molecule has 2 aliphatic heterocycles. The number of nitrogens with one attached hydrogen (secondary N) is 3. The molecule has 1 fully saturated rings. The number of carbonyl (C=O) groups excluding carboxylic acids is 2. The third kappa shape index (κ3) is 4.93. The van der Waals surface area contributed by atoms with Crippen LogP contribution in [0.3, 0.4) is 0 Å². The number of aromatic nitrogens is 2. The fraction of sp³-hybridized carbons (Fsp3) is 0.409. The SMILES string of the molecule is O=C1NC/C=C/CC2(CCN(S(=O)(=O)c3cn[nH]c3)CC2)C(=O)NCCOc2ccccc21. The highest BCUT2D eigenvalue weighted by Gasteiger charge is 2.43. The number of ether oxygens (including phenoxy) is 1. The van der Waals surface area contributed by atoms with E-state index in [0.29, 0.717) is 37.1 Å². The van der Waals surface area contributed by atoms with Crippen molar-refractivity contribution in [3.05, 3.63) is 54.4 Å². The molecule has 4 rings (SSSR count). The van der Waals surface area contributed by atoms with Crippen LogP contribution in [-0.4, -0.2) is 67.5 Å². The lowest BCUT2D eigenvalue weighted by Crippen LogP contribution is -2.50. The highest BCUT2D eigenvalue weighted by atomic mass is 32.2. The van der Waals surface area contributed by atoms with Crippen molar-refractivity contribution in [3.8, 4) is 5.75 Å². The Morgan fingerprint density at radius 2 is 1.85 bits per heavy atom. The van der Waals surface area contributed by atoms with Crippen molar-refractivity contribution < 1.29 is 22.7 Å². The first-order valence-electron chi connectivity index (χ1n) is 10.8. The summed E-state index contributed by atoms with van der Waals surface area (Å²) in [5.74, 6) is 0.104. The Morgan fingerprint density at radius 3 is 2.61 bits per heavy atom. The van der Waals surface area contributed by atoms with Crippen molar-refractivity contribution in [2.24, 2.45) is 5.41 Å². The summed E-state index contributed by atoms with van der Waals surface area (Å²) >= 11 is 0. The molecule has 3 N–H and O–H groups in total. The predicted octanol–water partition coefficient (Wildman–Crippen LogP) is 1.07. The zero-order chi connectivity index (χ0) is 23.3. The molecule has 2 aromatic rings. The Kier molecular flexibility index (Phi) is 6.80. The van der Waals surface area contributed by atoms with Gasteiger partial charge in [0.2, 0.25) is 15.9 Å². The molecule has 2 aliphatic rings. The first-order chi connectivity index (χ1) is 15.9. The van der Waals surface area contributed by atoms with Crippen molar-refractivity contribution in [1.29, 1.82) is 0 Å². The maximum atomic E-state index is 13.2. The van der Waals surface area contributed by atoms with Gasteiger partial charge in [-0.05, 0) is 31.4 Å². The van der Waals surface area contributed by atoms with Crippen LogP contribution in [0.4, 0.5) is 0 Å². The minimum atomic E-state index is -3.65. The topological polar surface area (TPSA) is 133 Å². The molecule has 0 bridgehead atoms. The quantitative estimate of drug-likeness (QED) is 0.559. The number of hydrogen-bond donors (Lipinski definition) is 3. The molecule has 1 aromatic heterocycles. The summed E-state index contributed by atoms with van der Waals surface area (Å²) in [4.78, 5) is 25.8. The molecular weight excluding hydrogens is 446 g/mol. The molecule has 11 heteroatoms. The maximum Gasteiger partial charge on any atom is 0.255 e. The number of amides is 2. The first-order valence-corrected chi connectivity index (χ1v) is 12.3. The standard InChI is InChI=1S/C22H27N5O5S/c28-20-18-5-1-2-6-19(18)32-14-11-24-21(29)22(7-3-4-10-23-20)8-12-27(13-9-22)33(30,31)17-15-25-26-16-17/h1-6,15-16H,7-14H2,(H,23,28)(H,24,29)(H,25,26)/b4-3+. The van der Waals surface area contributed by atoms with Crippen LogP contribution in [0.15, 0.2) is 53.7 Å². The third-order valence-corrected chi connectivity index (χ3v) is 7.97. The van der Waals surface area contributed by atoms with Crippen LogP contribution >= 0.6 is 0 Å². The molecule has 2 amide bonds. The average molecular weight is 474 g/mol. The van der Waals surface area contributed by atoms with Gasteiger partial charge in [0.15, 0.2) is 0 Å². The van der Waals surface area contributed by atoms with Crippen LogP contribution in [0.5, 0.6) is 5.75 Å². The van der Waals surface area contributed by atoms with Crippen LogP contribution in [0, 0.1) is 5.41 Å². The lowest BCUT2D eigenvalue weighted by Gasteiger charge is -2.39. The second-order valence-electron chi connectivity index (χ2n) is 8.10. The van der Waals surface area contributed by atoms with Crippen LogP contribution in [0.25, 0.3) is 0 Å². The Bertz CT molecular complexity index is 1120. The largest absolute Gasteiger partial charge is 0.491 e. The Balaban J connectivity index is 1.47. The Hall–Kier alpha value is -3.18. The van der Waals surface area contributed by atoms with E-state index in [1.54, 1.807) is 24.3 Å². The smallest absolute Gasteiger partial charge is 0.255 e. The highest BCUT2D eigenvalue weighted by molar-refractivity contribution is 7.89. The zero-order valence-corrected chi connectivity index (χ0v) is 18.9. The van der Waals surface area contributed by atoms with Crippen molar-refractivity contribution in [2.45, 2.75) is 24.2 Å². The number of aromatic amines is 1. The van der Waals surface area contributed by atoms with Gasteiger partial charge in [-0.25, -0.2) is 8.42 Å². The average Bonchev–Trinajstić information content (AvgIpc) is 3.37. The summed E-state index contributed by atoms with van der Waals surface area (Å²) in [6.45, 7) is 1.26. The second-order valence-corrected chi connectivity index (χ2v) is 10.0. The number of sulfonamides is 1. The molecule has 1 spiro atoms. The molecule has 10 nitrogen and oxygen atoms in total. The van der Waals surface area contributed by atoms with Gasteiger partial charge in [-0.15, -0.1) is 0 Å². The van der Waals surface area contributed by atoms with Gasteiger partial charge in [0.05, 0.1) is 23.7 Å². The minimum Gasteiger partial charge on any atom is -0.491 e. The summed E-state index contributed by atoms with van der Waals surface area (Å²) in [5.41, 5.74) is -0.290. The number of nitrogens with zero attached hydrogens (tertiary/aromatic N) is 2. The number of piperidine rings is 1. The van der Waals surface area contributed by atoms with Crippen LogP contribution < -0.4 is 15.4 Å². The molecule has 1 saturated heterocycles. The van der Waals surface area contributed by atoms with Crippen molar-refractivity contribution in [2.75, 3.05) is 32.8 Å². The van der Waals surface area contributed by atoms with E-state index < -0.39 is 15.4 Å². The second kappa shape index (κ2) is 9.75. The molecule has 0 atom stereocenters. The van der Waals surface area contributed by atoms with E-state index in [-0.39, 0.29) is 43.0 Å². The van der Waals surface area contributed by atoms with Crippen LogP contribution in [0.1, 0.15) is 29.6 Å². The number of benzene rings is 1. The van der Waals surface area contributed by atoms with E-state index in [1.807, 2.05) is 12.2 Å². The number of rotatable bonds is 2. The van der Waals surface area contributed by atoms with E-state index in [4.69, 9.17) is 4.74 Å². The maximum absolute atomic E-state index is 13.2. The lowest BCUT2D eigenvalue weighted by atomic mass is 9.75. The minimum absolute atomic E-state index is 0.113. The summed E-state index contributed by atoms with van der Waals surface area (Å²) in [6, 6.07) is 6.97. The molecule has 0 unspecified atom stereocenters. The lowest BCUT2D eigenvalue weighted by molar-refractivity contribution is -0.133. The van der Waals surface area contributed by atoms with Gasteiger partial charge in [0.25, 0.3) is 5.91 Å². The van der Waals surface area contributed by atoms with Crippen molar-refractivity contribution in [1.82, 2.24) is 25.1 Å². The zero-order valence-electron chi connectivity index (χ0n) is 18.1. The van der Waals surface area contributed by atoms with E-state index in [9.17, 15) is 18.0 Å². The summed E-state index contributed by atoms with van der Waals surface area (Å²) < 4.78 is 32.7. The van der Waals surface area contributed by atoms with E-state index in [0.717, 1.165) is 0 Å². The molecule has 176 valence electrons. The van der Waals surface area contributed by atoms with Gasteiger partial charge in [0.1, 0.15) is 17.3 Å². The van der Waals surface area contributed by atoms with Gasteiger partial charge < -0.3 is 15.4 Å². The van der Waals surface area contributed by atoms with E-state index in [2.05, 4.69) is 20.8 Å². The van der Waals surface area contributed by atoms with Gasteiger partial charge in [-0.1, -0.05) is 24.3 Å². The summed E-state index contributed by atoms with van der Waals surface area (Å²) in [7, 11) is -3.65. The number of allylic oxidation sites excluding steroid dienone is 1. The van der Waals surface area contributed by atoms with Gasteiger partial charge in [-0.2, -0.15) is 9.40 Å². The highest BCUT2D eigenvalue weighted by Crippen LogP contribution is 2.37. The van der Waals surface area contributed by atoms with Gasteiger partial charge in [-0.3, -0.25) is 14.7 Å². The number of carbonyl (C=O) groups is 2. The predicted molar refractivity (Wildman–Crippen MR) is 120 cm³/mol. The molecule has 0 aliphatic carbocycles. The number of hydrogen-bond acceptors (Lipinski definition) is 6. The van der Waals surface area contributed by atoms with Gasteiger partial charge >= 0.3 is 0 Å². The Morgan fingerprint density at radius 1 is 1.06 bits per heavy atom. The summed E-state index contributed by atoms with van der Waals surface area (Å²) in [6.07, 6.45) is 7.55. The van der Waals surface area contributed by atoms with Crippen molar-refractivity contribution >= 4 is 21.8 Å². The fourth-order valence-electron chi connectivity index (χ4n) is 4.14. The number of H-pyrrole nitrogens is 1. The monoisotopic (exact) mass is 473 g/mol. The van der Waals surface area contributed by atoms with E-state index >= 15 is 0 Å². The molecule has 33 heavy (non-hydrogen) atoms. The molecular formula is C22H27N5O5S. The molecule has 0 saturated carbocycles. The summed E-state index contributed by atoms with van der Waals surface area (Å²) in [5, 5.41) is 12.0. The first kappa shape index (κ1) is 23.0. The third-order valence-electron chi connectivity index (χ3n) is 6.10. The normalized spacial score (nSPS) is 21.2.